The Morgan fingerprint density at radius 2 is 1.38 bits per heavy atom. The fourth-order valence-electron chi connectivity index (χ4n) is 7.39. The van der Waals surface area contributed by atoms with Crippen LogP contribution in [0.5, 0.6) is 0 Å². The van der Waals surface area contributed by atoms with Crippen molar-refractivity contribution in [3.05, 3.63) is 157 Å². The van der Waals surface area contributed by atoms with Crippen molar-refractivity contribution in [3.8, 4) is 28.3 Å². The van der Waals surface area contributed by atoms with Crippen LogP contribution in [0.4, 0.5) is 0 Å². The van der Waals surface area contributed by atoms with Gasteiger partial charge in [-0.3, -0.25) is 4.98 Å². The number of imidazole rings is 1. The maximum atomic E-state index is 8.55. The van der Waals surface area contributed by atoms with Gasteiger partial charge in [0.15, 0.2) is 5.58 Å². The number of para-hydroxylation sites is 5. The molecule has 0 aliphatic heterocycles. The monoisotopic (exact) mass is 926 g/mol. The van der Waals surface area contributed by atoms with E-state index in [1.165, 1.54) is 0 Å². The third kappa shape index (κ3) is 6.81. The zero-order valence-electron chi connectivity index (χ0n) is 33.8. The van der Waals surface area contributed by atoms with E-state index in [1.54, 1.807) is 0 Å². The Morgan fingerprint density at radius 3 is 2.09 bits per heavy atom. The second-order valence-electron chi connectivity index (χ2n) is 15.1. The second kappa shape index (κ2) is 15.2. The van der Waals surface area contributed by atoms with E-state index in [1.807, 2.05) is 111 Å². The molecular formula is C49H41IrN3O2Si-2. The van der Waals surface area contributed by atoms with E-state index in [0.29, 0.717) is 0 Å². The van der Waals surface area contributed by atoms with E-state index in [-0.39, 0.29) is 26.0 Å². The Labute approximate surface area is 344 Å². The average molecular weight is 926 g/mol. The Balaban J connectivity index is 0.000000178. The summed E-state index contributed by atoms with van der Waals surface area (Å²) in [5, 5.41) is 5.41. The standard InChI is InChI=1S/C31H17N2O2.C18H24NSi.Ir/c1-5-17-27-19(9-1)21-11-7-13-23(29(21)34-27)31-32-24-14-3-4-15-25(24)33(31)26-16-8-12-22-20-10-2-6-18-28(20)35-30(22)26;1-14(2)11-16-12-17(15-9-7-6-8-10-15)19-13-18(16)20(3,4)5;/h1-12,14-18H;6-9,12-14H,11H2,1-5H3;/q2*-1;/i;11D2;. The molecule has 0 spiro atoms. The average Bonchev–Trinajstić information content (AvgIpc) is 3.92. The molecule has 10 aromatic rings. The molecule has 279 valence electrons. The van der Waals surface area contributed by atoms with Gasteiger partial charge in [-0.25, -0.2) is 0 Å². The van der Waals surface area contributed by atoms with Gasteiger partial charge in [0.25, 0.3) is 0 Å². The van der Waals surface area contributed by atoms with Gasteiger partial charge in [0.05, 0.1) is 36.2 Å². The van der Waals surface area contributed by atoms with E-state index >= 15 is 0 Å². The summed E-state index contributed by atoms with van der Waals surface area (Å²) in [4.78, 5) is 9.66. The van der Waals surface area contributed by atoms with Crippen molar-refractivity contribution >= 4 is 68.2 Å². The molecule has 0 unspecified atom stereocenters. The first kappa shape index (κ1) is 34.9. The van der Waals surface area contributed by atoms with E-state index in [4.69, 9.17) is 16.6 Å². The Kier molecular flexibility index (Phi) is 9.43. The fourth-order valence-corrected chi connectivity index (χ4v) is 8.79. The predicted octanol–water partition coefficient (Wildman–Crippen LogP) is 12.6. The molecule has 0 saturated heterocycles. The number of hydrogen-bond donors (Lipinski definition) is 0. The van der Waals surface area contributed by atoms with Gasteiger partial charge >= 0.3 is 0 Å². The van der Waals surface area contributed by atoms with Crippen LogP contribution < -0.4 is 5.19 Å². The molecule has 10 rings (SSSR count). The van der Waals surface area contributed by atoms with Crippen molar-refractivity contribution < 1.29 is 31.7 Å². The van der Waals surface area contributed by atoms with E-state index in [9.17, 15) is 0 Å². The van der Waals surface area contributed by atoms with E-state index in [2.05, 4.69) is 83.8 Å². The van der Waals surface area contributed by atoms with Crippen molar-refractivity contribution in [1.82, 2.24) is 14.5 Å². The van der Waals surface area contributed by atoms with Crippen molar-refractivity contribution in [1.29, 1.82) is 0 Å². The minimum absolute atomic E-state index is 0. The number of furan rings is 2. The molecule has 7 heteroatoms. The van der Waals surface area contributed by atoms with Crippen molar-refractivity contribution in [3.63, 3.8) is 0 Å². The van der Waals surface area contributed by atoms with Crippen LogP contribution in [0.15, 0.2) is 148 Å². The Bertz CT molecular complexity index is 3090. The first-order valence-corrected chi connectivity index (χ1v) is 22.2. The van der Waals surface area contributed by atoms with Gasteiger partial charge in [-0.15, -0.1) is 54.1 Å². The molecule has 56 heavy (non-hydrogen) atoms. The molecular weight excluding hydrogens is 883 g/mol. The summed E-state index contributed by atoms with van der Waals surface area (Å²) in [7, 11) is -1.67. The fraction of sp³-hybridized carbons (Fsp3) is 0.143. The largest absolute Gasteiger partial charge is 0.501 e. The molecule has 0 fully saturated rings. The quantitative estimate of drug-likeness (QED) is 0.123. The summed E-state index contributed by atoms with van der Waals surface area (Å²) in [6.45, 7) is 10.6. The Hall–Kier alpha value is -5.59. The molecule has 4 aromatic heterocycles. The Morgan fingerprint density at radius 1 is 0.714 bits per heavy atom. The van der Waals surface area contributed by atoms with Crippen LogP contribution in [0.25, 0.3) is 83.2 Å². The summed E-state index contributed by atoms with van der Waals surface area (Å²) in [5.74, 6) is 0.682. The molecule has 1 radical (unpaired) electrons. The molecule has 5 nitrogen and oxygen atoms in total. The van der Waals surface area contributed by atoms with Crippen LogP contribution in [-0.2, 0) is 26.5 Å². The smallest absolute Gasteiger partial charge is 0.158 e. The molecule has 0 amide bonds. The van der Waals surface area contributed by atoms with Gasteiger partial charge in [0.2, 0.25) is 0 Å². The van der Waals surface area contributed by atoms with Gasteiger partial charge in [-0.1, -0.05) is 117 Å². The molecule has 0 aliphatic rings. The first-order chi connectivity index (χ1) is 27.5. The number of aromatic nitrogens is 3. The number of pyridine rings is 1. The topological polar surface area (TPSA) is 57.0 Å². The summed E-state index contributed by atoms with van der Waals surface area (Å²) in [6.07, 6.45) is 0.528. The third-order valence-corrected chi connectivity index (χ3v) is 11.9. The molecule has 0 saturated carbocycles. The van der Waals surface area contributed by atoms with Crippen LogP contribution in [0.1, 0.15) is 22.2 Å². The van der Waals surface area contributed by atoms with Gasteiger partial charge < -0.3 is 18.4 Å². The molecule has 6 aromatic carbocycles. The number of rotatable bonds is 6. The van der Waals surface area contributed by atoms with Gasteiger partial charge in [0, 0.05) is 45.2 Å². The number of fused-ring (bicyclic) bond motifs is 7. The van der Waals surface area contributed by atoms with Crippen LogP contribution >= 0.6 is 0 Å². The molecule has 0 N–H and O–H groups in total. The normalized spacial score (nSPS) is 12.5. The van der Waals surface area contributed by atoms with Gasteiger partial charge in [0.1, 0.15) is 11.2 Å². The van der Waals surface area contributed by atoms with Crippen LogP contribution in [0.3, 0.4) is 0 Å². The number of benzene rings is 6. The predicted molar refractivity (Wildman–Crippen MR) is 230 cm³/mol. The number of nitrogens with zero attached hydrogens (tertiary/aromatic N) is 3. The van der Waals surface area contributed by atoms with Gasteiger partial charge in [-0.2, -0.15) is 0 Å². The van der Waals surface area contributed by atoms with Crippen molar-refractivity contribution in [2.75, 3.05) is 0 Å². The molecule has 0 aliphatic carbocycles. The number of hydrogen-bond acceptors (Lipinski definition) is 4. The van der Waals surface area contributed by atoms with Crippen LogP contribution in [0, 0.1) is 18.1 Å². The van der Waals surface area contributed by atoms with Crippen molar-refractivity contribution in [2.24, 2.45) is 5.92 Å². The summed E-state index contributed by atoms with van der Waals surface area (Å²) >= 11 is 0. The SMILES string of the molecule is [2H]C([2H])(c1cc(-c2[c-]cccc2)ncc1[Si](C)(C)C)C(C)C.[Ir].[c-]1ccc2c(oc3ccccc32)c1-c1nc2ccccc2n1-c1cccc2c1oc1ccccc12. The summed E-state index contributed by atoms with van der Waals surface area (Å²) in [6, 6.07) is 50.9. The third-order valence-electron chi connectivity index (χ3n) is 9.89. The molecule has 4 heterocycles. The zero-order chi connectivity index (χ0) is 39.5. The maximum Gasteiger partial charge on any atom is 0.158 e. The maximum absolute atomic E-state index is 8.55. The van der Waals surface area contributed by atoms with Gasteiger partial charge in [-0.05, 0) is 53.5 Å². The van der Waals surface area contributed by atoms with Crippen LogP contribution in [-0.4, -0.2) is 22.6 Å². The van der Waals surface area contributed by atoms with E-state index < -0.39 is 14.4 Å². The second-order valence-corrected chi connectivity index (χ2v) is 20.2. The first-order valence-electron chi connectivity index (χ1n) is 19.7. The van der Waals surface area contributed by atoms with E-state index in [0.717, 1.165) is 94.0 Å². The van der Waals surface area contributed by atoms with Crippen LogP contribution in [0.2, 0.25) is 19.6 Å². The minimum Gasteiger partial charge on any atom is -0.501 e. The zero-order valence-corrected chi connectivity index (χ0v) is 35.2. The summed E-state index contributed by atoms with van der Waals surface area (Å²) in [5.41, 5.74) is 9.48. The minimum atomic E-state index is -1.67. The molecule has 0 atom stereocenters. The van der Waals surface area contributed by atoms with Crippen molar-refractivity contribution in [2.45, 2.75) is 39.9 Å². The molecule has 0 bridgehead atoms. The summed E-state index contributed by atoms with van der Waals surface area (Å²) < 4.78 is 32.0.